The highest BCUT2D eigenvalue weighted by Crippen LogP contribution is 2.34. The third-order valence-corrected chi connectivity index (χ3v) is 4.43. The van der Waals surface area contributed by atoms with Gasteiger partial charge in [0.05, 0.1) is 0 Å². The Morgan fingerprint density at radius 3 is 2.50 bits per heavy atom. The van der Waals surface area contributed by atoms with Crippen LogP contribution in [0.1, 0.15) is 30.3 Å². The van der Waals surface area contributed by atoms with Crippen LogP contribution in [0.3, 0.4) is 0 Å². The minimum Gasteiger partial charge on any atom is -0.312 e. The Bertz CT molecular complexity index is 513. The summed E-state index contributed by atoms with van der Waals surface area (Å²) >= 11 is 1.89. The van der Waals surface area contributed by atoms with Crippen molar-refractivity contribution >= 4 is 11.3 Å². The quantitative estimate of drug-likeness (QED) is 0.843. The second-order valence-corrected chi connectivity index (χ2v) is 6.20. The first-order valence-electron chi connectivity index (χ1n) is 6.46. The van der Waals surface area contributed by atoms with Crippen LogP contribution in [0.5, 0.6) is 0 Å². The summed E-state index contributed by atoms with van der Waals surface area (Å²) < 4.78 is 0. The number of rotatable bonds is 4. The van der Waals surface area contributed by atoms with Gasteiger partial charge in [0.15, 0.2) is 0 Å². The fraction of sp³-hybridized carbons (Fsp3) is 0.375. The van der Waals surface area contributed by atoms with Crippen LogP contribution in [0.4, 0.5) is 0 Å². The third-order valence-electron chi connectivity index (χ3n) is 3.21. The lowest BCUT2D eigenvalue weighted by Gasteiger charge is -2.18. The summed E-state index contributed by atoms with van der Waals surface area (Å²) in [4.78, 5) is 2.78. The lowest BCUT2D eigenvalue weighted by Crippen LogP contribution is -2.20. The molecule has 0 saturated carbocycles. The maximum atomic E-state index is 3.40. The molecule has 0 amide bonds. The van der Waals surface area contributed by atoms with Crippen molar-refractivity contribution in [2.45, 2.75) is 26.8 Å². The van der Waals surface area contributed by atoms with Gasteiger partial charge in [-0.25, -0.2) is 0 Å². The monoisotopic (exact) mass is 259 g/mol. The molecule has 2 aromatic rings. The third kappa shape index (κ3) is 2.82. The van der Waals surface area contributed by atoms with Gasteiger partial charge in [-0.3, -0.25) is 0 Å². The van der Waals surface area contributed by atoms with Crippen LogP contribution in [-0.4, -0.2) is 7.05 Å². The molecule has 1 heterocycles. The number of benzene rings is 1. The normalized spacial score (nSPS) is 12.9. The minimum atomic E-state index is 0.452. The highest BCUT2D eigenvalue weighted by molar-refractivity contribution is 7.15. The SMILES string of the molecule is CNC(c1ccc(-c2cccc(C)c2)s1)C(C)C. The highest BCUT2D eigenvalue weighted by Gasteiger charge is 2.15. The second-order valence-electron chi connectivity index (χ2n) is 5.08. The van der Waals surface area contributed by atoms with Crippen LogP contribution in [0.15, 0.2) is 36.4 Å². The smallest absolute Gasteiger partial charge is 0.0435 e. The molecule has 18 heavy (non-hydrogen) atoms. The molecular formula is C16H21NS. The van der Waals surface area contributed by atoms with Gasteiger partial charge in [-0.05, 0) is 37.6 Å². The number of nitrogens with one attached hydrogen (secondary N) is 1. The Kier molecular flexibility index (Phi) is 4.20. The highest BCUT2D eigenvalue weighted by atomic mass is 32.1. The zero-order chi connectivity index (χ0) is 13.1. The van der Waals surface area contributed by atoms with E-state index in [9.17, 15) is 0 Å². The zero-order valence-corrected chi connectivity index (χ0v) is 12.3. The van der Waals surface area contributed by atoms with Crippen LogP contribution < -0.4 is 5.32 Å². The van der Waals surface area contributed by atoms with Crippen molar-refractivity contribution in [2.24, 2.45) is 5.92 Å². The van der Waals surface area contributed by atoms with Crippen LogP contribution in [0, 0.1) is 12.8 Å². The van der Waals surface area contributed by atoms with E-state index in [0.717, 1.165) is 0 Å². The molecule has 2 heteroatoms. The average Bonchev–Trinajstić information content (AvgIpc) is 2.79. The molecule has 1 unspecified atom stereocenters. The van der Waals surface area contributed by atoms with E-state index in [4.69, 9.17) is 0 Å². The molecule has 0 spiro atoms. The number of hydrogen-bond donors (Lipinski definition) is 1. The van der Waals surface area contributed by atoms with E-state index in [1.165, 1.54) is 20.9 Å². The summed E-state index contributed by atoms with van der Waals surface area (Å²) in [5, 5.41) is 3.40. The van der Waals surface area contributed by atoms with Crippen LogP contribution in [0.2, 0.25) is 0 Å². The van der Waals surface area contributed by atoms with Gasteiger partial charge in [0.25, 0.3) is 0 Å². The number of hydrogen-bond acceptors (Lipinski definition) is 2. The van der Waals surface area contributed by atoms with Crippen molar-refractivity contribution in [1.29, 1.82) is 0 Å². The predicted molar refractivity (Wildman–Crippen MR) is 81.1 cm³/mol. The molecule has 0 fully saturated rings. The fourth-order valence-electron chi connectivity index (χ4n) is 2.28. The van der Waals surface area contributed by atoms with Crippen molar-refractivity contribution < 1.29 is 0 Å². The lowest BCUT2D eigenvalue weighted by molar-refractivity contribution is 0.449. The van der Waals surface area contributed by atoms with Gasteiger partial charge >= 0.3 is 0 Å². The maximum absolute atomic E-state index is 3.40. The fourth-order valence-corrected chi connectivity index (χ4v) is 3.57. The Balaban J connectivity index is 2.30. The second kappa shape index (κ2) is 5.68. The van der Waals surface area contributed by atoms with E-state index in [-0.39, 0.29) is 0 Å². The van der Waals surface area contributed by atoms with Crippen LogP contribution >= 0.6 is 11.3 Å². The first-order valence-corrected chi connectivity index (χ1v) is 7.27. The van der Waals surface area contributed by atoms with Crippen molar-refractivity contribution in [3.05, 3.63) is 46.8 Å². The van der Waals surface area contributed by atoms with E-state index in [1.807, 2.05) is 18.4 Å². The van der Waals surface area contributed by atoms with Crippen LogP contribution in [0.25, 0.3) is 10.4 Å². The standard InChI is InChI=1S/C16H21NS/c1-11(2)16(17-4)15-9-8-14(18-15)13-7-5-6-12(3)10-13/h5-11,16-17H,1-4H3. The molecule has 0 aliphatic heterocycles. The summed E-state index contributed by atoms with van der Waals surface area (Å²) in [5.41, 5.74) is 2.64. The summed E-state index contributed by atoms with van der Waals surface area (Å²) in [5.74, 6) is 0.610. The molecular weight excluding hydrogens is 238 g/mol. The van der Waals surface area contributed by atoms with Gasteiger partial charge in [0, 0.05) is 15.8 Å². The van der Waals surface area contributed by atoms with E-state index in [0.29, 0.717) is 12.0 Å². The van der Waals surface area contributed by atoms with E-state index in [2.05, 4.69) is 62.5 Å². The van der Waals surface area contributed by atoms with E-state index < -0.39 is 0 Å². The summed E-state index contributed by atoms with van der Waals surface area (Å²) in [6.07, 6.45) is 0. The van der Waals surface area contributed by atoms with E-state index in [1.54, 1.807) is 0 Å². The Labute approximate surface area is 114 Å². The predicted octanol–water partition coefficient (Wildman–Crippen LogP) is 4.64. The topological polar surface area (TPSA) is 12.0 Å². The van der Waals surface area contributed by atoms with Crippen molar-refractivity contribution in [3.63, 3.8) is 0 Å². The lowest BCUT2D eigenvalue weighted by atomic mass is 10.0. The molecule has 0 saturated heterocycles. The maximum Gasteiger partial charge on any atom is 0.0435 e. The number of aryl methyl sites for hydroxylation is 1. The first-order chi connectivity index (χ1) is 8.61. The molecule has 0 aliphatic rings. The molecule has 1 aromatic heterocycles. The summed E-state index contributed by atoms with van der Waals surface area (Å²) in [7, 11) is 2.04. The summed E-state index contributed by atoms with van der Waals surface area (Å²) in [6, 6.07) is 13.6. The van der Waals surface area contributed by atoms with Crippen LogP contribution in [-0.2, 0) is 0 Å². The zero-order valence-electron chi connectivity index (χ0n) is 11.5. The van der Waals surface area contributed by atoms with Crippen molar-refractivity contribution in [2.75, 3.05) is 7.05 Å². The van der Waals surface area contributed by atoms with Gasteiger partial charge in [0.2, 0.25) is 0 Å². The Morgan fingerprint density at radius 2 is 1.89 bits per heavy atom. The minimum absolute atomic E-state index is 0.452. The molecule has 0 radical (unpaired) electrons. The first kappa shape index (κ1) is 13.3. The molecule has 1 N–H and O–H groups in total. The molecule has 1 nitrogen and oxygen atoms in total. The van der Waals surface area contributed by atoms with Gasteiger partial charge < -0.3 is 5.32 Å². The average molecular weight is 259 g/mol. The molecule has 2 rings (SSSR count). The van der Waals surface area contributed by atoms with Gasteiger partial charge in [0.1, 0.15) is 0 Å². The van der Waals surface area contributed by atoms with Crippen molar-refractivity contribution in [3.8, 4) is 10.4 Å². The summed E-state index contributed by atoms with van der Waals surface area (Å²) in [6.45, 7) is 6.66. The van der Waals surface area contributed by atoms with Gasteiger partial charge in [-0.1, -0.05) is 43.7 Å². The molecule has 0 aliphatic carbocycles. The molecule has 0 bridgehead atoms. The van der Waals surface area contributed by atoms with Crippen molar-refractivity contribution in [1.82, 2.24) is 5.32 Å². The Hall–Kier alpha value is -1.12. The largest absolute Gasteiger partial charge is 0.312 e. The number of thiophene rings is 1. The molecule has 96 valence electrons. The molecule has 1 aromatic carbocycles. The van der Waals surface area contributed by atoms with Gasteiger partial charge in [-0.15, -0.1) is 11.3 Å². The molecule has 1 atom stereocenters. The van der Waals surface area contributed by atoms with E-state index >= 15 is 0 Å². The Morgan fingerprint density at radius 1 is 1.11 bits per heavy atom. The van der Waals surface area contributed by atoms with Gasteiger partial charge in [-0.2, -0.15) is 0 Å².